The van der Waals surface area contributed by atoms with Crippen molar-refractivity contribution in [3.63, 3.8) is 0 Å². The topological polar surface area (TPSA) is 39.7 Å². The lowest BCUT2D eigenvalue weighted by atomic mass is 10.1. The molecule has 2 aromatic rings. The van der Waals surface area contributed by atoms with Gasteiger partial charge in [-0.1, -0.05) is 0 Å². The van der Waals surface area contributed by atoms with Gasteiger partial charge in [0.15, 0.2) is 11.5 Å². The van der Waals surface area contributed by atoms with E-state index in [-0.39, 0.29) is 0 Å². The molecule has 2 rings (SSSR count). The molecule has 0 radical (unpaired) electrons. The van der Waals surface area contributed by atoms with Crippen molar-refractivity contribution in [3.05, 3.63) is 39.6 Å². The highest BCUT2D eigenvalue weighted by atomic mass is 32.1. The van der Waals surface area contributed by atoms with E-state index in [2.05, 4.69) is 23.7 Å². The molecule has 0 saturated heterocycles. The first kappa shape index (κ1) is 15.7. The molecule has 1 heterocycles. The second-order valence-electron chi connectivity index (χ2n) is 4.65. The van der Waals surface area contributed by atoms with Crippen molar-refractivity contribution in [2.24, 2.45) is 0 Å². The number of methoxy groups -OCH3 is 3. The van der Waals surface area contributed by atoms with E-state index in [4.69, 9.17) is 14.2 Å². The lowest BCUT2D eigenvalue weighted by Crippen LogP contribution is -2.13. The van der Waals surface area contributed by atoms with Gasteiger partial charge in [-0.3, -0.25) is 0 Å². The number of nitrogens with one attached hydrogen (secondary N) is 1. The number of hydrogen-bond donors (Lipinski definition) is 1. The van der Waals surface area contributed by atoms with E-state index in [9.17, 15) is 0 Å². The standard InChI is InChI=1S/C16H21NO3S/c1-11-5-6-21-16(11)10-17-9-12-7-14(19-3)15(20-4)8-13(12)18-2/h5-8,17H,9-10H2,1-4H3. The van der Waals surface area contributed by atoms with E-state index in [1.807, 2.05) is 12.1 Å². The largest absolute Gasteiger partial charge is 0.496 e. The second kappa shape index (κ2) is 7.33. The quantitative estimate of drug-likeness (QED) is 0.851. The Morgan fingerprint density at radius 2 is 1.62 bits per heavy atom. The molecule has 114 valence electrons. The summed E-state index contributed by atoms with van der Waals surface area (Å²) in [5.74, 6) is 2.18. The molecule has 0 unspecified atom stereocenters. The van der Waals surface area contributed by atoms with Gasteiger partial charge in [-0.2, -0.15) is 0 Å². The molecule has 0 atom stereocenters. The maximum absolute atomic E-state index is 5.43. The molecule has 21 heavy (non-hydrogen) atoms. The zero-order valence-corrected chi connectivity index (χ0v) is 13.7. The molecule has 1 aromatic heterocycles. The van der Waals surface area contributed by atoms with Crippen LogP contribution in [0.3, 0.4) is 0 Å². The molecule has 0 aliphatic carbocycles. The minimum atomic E-state index is 0.673. The van der Waals surface area contributed by atoms with Crippen LogP contribution in [0.15, 0.2) is 23.6 Å². The maximum Gasteiger partial charge on any atom is 0.164 e. The Morgan fingerprint density at radius 1 is 0.952 bits per heavy atom. The lowest BCUT2D eigenvalue weighted by Gasteiger charge is -2.14. The molecule has 0 spiro atoms. The van der Waals surface area contributed by atoms with Crippen LogP contribution in [0.1, 0.15) is 16.0 Å². The van der Waals surface area contributed by atoms with Crippen LogP contribution < -0.4 is 19.5 Å². The molecule has 1 N–H and O–H groups in total. The fourth-order valence-electron chi connectivity index (χ4n) is 2.13. The Balaban J connectivity index is 2.09. The van der Waals surface area contributed by atoms with Crippen molar-refractivity contribution in [1.82, 2.24) is 5.32 Å². The Bertz CT molecular complexity index is 595. The molecule has 4 nitrogen and oxygen atoms in total. The van der Waals surface area contributed by atoms with Gasteiger partial charge < -0.3 is 19.5 Å². The van der Waals surface area contributed by atoms with E-state index >= 15 is 0 Å². The highest BCUT2D eigenvalue weighted by Crippen LogP contribution is 2.34. The smallest absolute Gasteiger partial charge is 0.164 e. The molecule has 0 saturated carbocycles. The predicted octanol–water partition coefficient (Wildman–Crippen LogP) is 3.37. The van der Waals surface area contributed by atoms with Crippen molar-refractivity contribution in [1.29, 1.82) is 0 Å². The van der Waals surface area contributed by atoms with Crippen molar-refractivity contribution in [3.8, 4) is 17.2 Å². The predicted molar refractivity (Wildman–Crippen MR) is 85.7 cm³/mol. The summed E-state index contributed by atoms with van der Waals surface area (Å²) < 4.78 is 16.1. The summed E-state index contributed by atoms with van der Waals surface area (Å²) in [5.41, 5.74) is 2.37. The normalized spacial score (nSPS) is 10.5. The van der Waals surface area contributed by atoms with Gasteiger partial charge in [-0.25, -0.2) is 0 Å². The van der Waals surface area contributed by atoms with Crippen LogP contribution in [0.25, 0.3) is 0 Å². The molecule has 1 aromatic carbocycles. The number of benzene rings is 1. The molecule has 0 aliphatic heterocycles. The average molecular weight is 307 g/mol. The van der Waals surface area contributed by atoms with Gasteiger partial charge in [0.2, 0.25) is 0 Å². The van der Waals surface area contributed by atoms with E-state index in [1.54, 1.807) is 32.7 Å². The molecule has 0 bridgehead atoms. The van der Waals surface area contributed by atoms with Gasteiger partial charge in [-0.05, 0) is 30.0 Å². The second-order valence-corrected chi connectivity index (χ2v) is 5.65. The molecular weight excluding hydrogens is 286 g/mol. The summed E-state index contributed by atoms with van der Waals surface area (Å²) in [5, 5.41) is 5.56. The minimum Gasteiger partial charge on any atom is -0.496 e. The Labute approximate surface area is 129 Å². The average Bonchev–Trinajstić information content (AvgIpc) is 2.92. The van der Waals surface area contributed by atoms with Gasteiger partial charge in [0.05, 0.1) is 21.3 Å². The molecular formula is C16H21NO3S. The SMILES string of the molecule is COc1cc(OC)c(OC)cc1CNCc1sccc1C. The van der Waals surface area contributed by atoms with Gasteiger partial charge in [-0.15, -0.1) is 11.3 Å². The van der Waals surface area contributed by atoms with Gasteiger partial charge >= 0.3 is 0 Å². The minimum absolute atomic E-state index is 0.673. The summed E-state index contributed by atoms with van der Waals surface area (Å²) in [7, 11) is 4.92. The van der Waals surface area contributed by atoms with Crippen LogP contribution in [0.2, 0.25) is 0 Å². The third-order valence-electron chi connectivity index (χ3n) is 3.36. The zero-order chi connectivity index (χ0) is 15.2. The van der Waals surface area contributed by atoms with Crippen LogP contribution >= 0.6 is 11.3 Å². The fourth-order valence-corrected chi connectivity index (χ4v) is 3.00. The monoisotopic (exact) mass is 307 g/mol. The highest BCUT2D eigenvalue weighted by Gasteiger charge is 2.11. The van der Waals surface area contributed by atoms with Gasteiger partial charge in [0.25, 0.3) is 0 Å². The highest BCUT2D eigenvalue weighted by molar-refractivity contribution is 7.10. The maximum atomic E-state index is 5.43. The first-order chi connectivity index (χ1) is 10.2. The number of thiophene rings is 1. The summed E-state index contributed by atoms with van der Waals surface area (Å²) in [6.45, 7) is 3.69. The van der Waals surface area contributed by atoms with Crippen LogP contribution in [-0.4, -0.2) is 21.3 Å². The van der Waals surface area contributed by atoms with Crippen molar-refractivity contribution in [2.75, 3.05) is 21.3 Å². The van der Waals surface area contributed by atoms with E-state index in [0.717, 1.165) is 17.9 Å². The summed E-state index contributed by atoms with van der Waals surface area (Å²) in [4.78, 5) is 1.36. The van der Waals surface area contributed by atoms with Crippen molar-refractivity contribution in [2.45, 2.75) is 20.0 Å². The third kappa shape index (κ3) is 3.68. The first-order valence-corrected chi connectivity index (χ1v) is 7.60. The number of aryl methyl sites for hydroxylation is 1. The fraction of sp³-hybridized carbons (Fsp3) is 0.375. The van der Waals surface area contributed by atoms with E-state index in [0.29, 0.717) is 18.0 Å². The van der Waals surface area contributed by atoms with Crippen molar-refractivity contribution >= 4 is 11.3 Å². The first-order valence-electron chi connectivity index (χ1n) is 6.72. The van der Waals surface area contributed by atoms with Gasteiger partial charge in [0, 0.05) is 29.6 Å². The number of hydrogen-bond acceptors (Lipinski definition) is 5. The molecule has 0 aliphatic rings. The Morgan fingerprint density at radius 3 is 2.19 bits per heavy atom. The Hall–Kier alpha value is -1.72. The van der Waals surface area contributed by atoms with E-state index < -0.39 is 0 Å². The number of rotatable bonds is 7. The zero-order valence-electron chi connectivity index (χ0n) is 12.9. The Kier molecular flexibility index (Phi) is 5.47. The summed E-state index contributed by atoms with van der Waals surface area (Å²) in [6.07, 6.45) is 0. The molecule has 0 amide bonds. The van der Waals surface area contributed by atoms with Crippen LogP contribution in [0.4, 0.5) is 0 Å². The number of ether oxygens (including phenoxy) is 3. The van der Waals surface area contributed by atoms with Gasteiger partial charge in [0.1, 0.15) is 5.75 Å². The van der Waals surface area contributed by atoms with Crippen molar-refractivity contribution < 1.29 is 14.2 Å². The lowest BCUT2D eigenvalue weighted by molar-refractivity contribution is 0.347. The van der Waals surface area contributed by atoms with Crippen LogP contribution in [-0.2, 0) is 13.1 Å². The van der Waals surface area contributed by atoms with E-state index in [1.165, 1.54) is 10.4 Å². The summed E-state index contributed by atoms with van der Waals surface area (Å²) >= 11 is 1.77. The molecule has 0 fully saturated rings. The third-order valence-corrected chi connectivity index (χ3v) is 4.38. The van der Waals surface area contributed by atoms with Crippen LogP contribution in [0, 0.1) is 6.92 Å². The molecule has 5 heteroatoms. The summed E-state index contributed by atoms with van der Waals surface area (Å²) in [6, 6.07) is 5.94. The van der Waals surface area contributed by atoms with Crippen LogP contribution in [0.5, 0.6) is 17.2 Å².